The van der Waals surface area contributed by atoms with Crippen molar-refractivity contribution >= 4 is 29.1 Å². The van der Waals surface area contributed by atoms with Gasteiger partial charge < -0.3 is 30.1 Å². The summed E-state index contributed by atoms with van der Waals surface area (Å²) in [5.41, 5.74) is 4.13. The van der Waals surface area contributed by atoms with E-state index < -0.39 is 35.6 Å². The molecule has 2 saturated heterocycles. The topological polar surface area (TPSA) is 133 Å². The lowest BCUT2D eigenvalue weighted by atomic mass is 9.85. The molecule has 1 aromatic heterocycles. The number of aliphatic hydroxyl groups excluding tert-OH is 1. The van der Waals surface area contributed by atoms with Gasteiger partial charge in [-0.15, -0.1) is 11.3 Å². The van der Waals surface area contributed by atoms with Gasteiger partial charge in [0.05, 0.1) is 42.0 Å². The summed E-state index contributed by atoms with van der Waals surface area (Å²) in [5, 5.41) is 16.4. The molecule has 11 nitrogen and oxygen atoms in total. The molecule has 2 fully saturated rings. The highest BCUT2D eigenvalue weighted by molar-refractivity contribution is 7.13. The number of aromatic nitrogens is 1. The third-order valence-electron chi connectivity index (χ3n) is 7.82. The van der Waals surface area contributed by atoms with Crippen molar-refractivity contribution in [3.63, 3.8) is 0 Å². The van der Waals surface area contributed by atoms with Gasteiger partial charge in [0, 0.05) is 39.7 Å². The first-order chi connectivity index (χ1) is 20.0. The summed E-state index contributed by atoms with van der Waals surface area (Å²) in [6.07, 6.45) is -0.702. The number of methoxy groups -OCH3 is 1. The fourth-order valence-corrected chi connectivity index (χ4v) is 6.19. The zero-order valence-corrected chi connectivity index (χ0v) is 25.9. The quantitative estimate of drug-likeness (QED) is 0.374. The Bertz CT molecular complexity index is 1230. The Morgan fingerprint density at radius 2 is 1.93 bits per heavy atom. The van der Waals surface area contributed by atoms with Crippen LogP contribution in [0.2, 0.25) is 0 Å². The fourth-order valence-electron chi connectivity index (χ4n) is 5.37. The Hall–Kier alpha value is -2.90. The summed E-state index contributed by atoms with van der Waals surface area (Å²) in [4.78, 5) is 49.5. The number of morpholine rings is 1. The number of nitrogens with zero attached hydrogens (tertiary/aromatic N) is 3. The number of carbonyl (C=O) groups excluding carboxylic acids is 3. The molecule has 0 unspecified atom stereocenters. The molecule has 4 rings (SSSR count). The summed E-state index contributed by atoms with van der Waals surface area (Å²) < 4.78 is 10.8. The number of thiazole rings is 1. The first-order valence-electron chi connectivity index (χ1n) is 14.4. The number of aliphatic hydroxyl groups is 1. The van der Waals surface area contributed by atoms with E-state index in [-0.39, 0.29) is 37.9 Å². The molecule has 0 aliphatic carbocycles. The normalized spacial score (nSPS) is 22.1. The first-order valence-corrected chi connectivity index (χ1v) is 15.2. The van der Waals surface area contributed by atoms with Crippen molar-refractivity contribution in [2.24, 2.45) is 5.41 Å². The average molecular weight is 602 g/mol. The summed E-state index contributed by atoms with van der Waals surface area (Å²) >= 11 is 1.58. The van der Waals surface area contributed by atoms with Gasteiger partial charge in [0.15, 0.2) is 0 Å². The number of benzene rings is 1. The molecule has 42 heavy (non-hydrogen) atoms. The number of ether oxygens (including phenoxy) is 2. The van der Waals surface area contributed by atoms with Crippen LogP contribution >= 0.6 is 11.3 Å². The van der Waals surface area contributed by atoms with E-state index in [1.165, 1.54) is 4.90 Å². The van der Waals surface area contributed by atoms with Crippen LogP contribution in [-0.2, 0) is 30.4 Å². The van der Waals surface area contributed by atoms with Gasteiger partial charge >= 0.3 is 0 Å². The molecule has 3 N–H and O–H groups in total. The number of nitrogens with one attached hydrogen (secondary N) is 2. The van der Waals surface area contributed by atoms with Crippen LogP contribution in [-0.4, -0.2) is 108 Å². The lowest BCUT2D eigenvalue weighted by molar-refractivity contribution is -0.146. The minimum Gasteiger partial charge on any atom is -0.391 e. The van der Waals surface area contributed by atoms with Gasteiger partial charge in [0.25, 0.3) is 0 Å². The molecule has 3 amide bonds. The summed E-state index contributed by atoms with van der Waals surface area (Å²) in [6.45, 7) is 10.3. The van der Waals surface area contributed by atoms with Crippen molar-refractivity contribution in [3.05, 3.63) is 41.0 Å². The molecular weight excluding hydrogens is 558 g/mol. The third-order valence-corrected chi connectivity index (χ3v) is 8.79. The van der Waals surface area contributed by atoms with Gasteiger partial charge in [0.1, 0.15) is 18.1 Å². The molecule has 0 spiro atoms. The standard InChI is InChI=1S/C30H43N5O6S/c1-19-25(42-18-32-19)21-8-6-20(7-9-21)15-31-27(37)23-14-22(36)16-35(23)29(39)26(30(2,3)4)33-28(38)24-17-41-13-11-34(24)10-12-40-5/h6-9,18,22-24,26,36H,10-17H2,1-5H3,(H,31,37)(H,33,38)/t22-,23+,24-,26-/m1/s1. The van der Waals surface area contributed by atoms with Gasteiger partial charge in [-0.1, -0.05) is 45.0 Å². The minimum absolute atomic E-state index is 0.0226. The van der Waals surface area contributed by atoms with Crippen molar-refractivity contribution in [1.82, 2.24) is 25.4 Å². The Balaban J connectivity index is 1.42. The van der Waals surface area contributed by atoms with Gasteiger partial charge in [-0.05, 0) is 23.5 Å². The van der Waals surface area contributed by atoms with E-state index in [0.717, 1.165) is 21.7 Å². The highest BCUT2D eigenvalue weighted by Crippen LogP contribution is 2.28. The van der Waals surface area contributed by atoms with Crippen LogP contribution in [0.1, 0.15) is 38.4 Å². The number of rotatable bonds is 10. The van der Waals surface area contributed by atoms with E-state index in [0.29, 0.717) is 26.3 Å². The predicted octanol–water partition coefficient (Wildman–Crippen LogP) is 1.57. The number of aryl methyl sites for hydroxylation is 1. The Morgan fingerprint density at radius 1 is 1.19 bits per heavy atom. The number of hydrogen-bond acceptors (Lipinski definition) is 9. The average Bonchev–Trinajstić information content (AvgIpc) is 3.58. The summed E-state index contributed by atoms with van der Waals surface area (Å²) in [7, 11) is 1.61. The molecule has 3 heterocycles. The van der Waals surface area contributed by atoms with Gasteiger partial charge in [-0.2, -0.15) is 0 Å². The molecule has 0 bridgehead atoms. The number of likely N-dealkylation sites (tertiary alicyclic amines) is 1. The second-order valence-corrected chi connectivity index (χ2v) is 12.9. The zero-order valence-electron chi connectivity index (χ0n) is 25.1. The van der Waals surface area contributed by atoms with Crippen molar-refractivity contribution in [2.45, 2.75) is 64.9 Å². The van der Waals surface area contributed by atoms with E-state index in [1.54, 1.807) is 18.4 Å². The smallest absolute Gasteiger partial charge is 0.246 e. The monoisotopic (exact) mass is 601 g/mol. The third kappa shape index (κ3) is 7.73. The van der Waals surface area contributed by atoms with E-state index in [9.17, 15) is 19.5 Å². The van der Waals surface area contributed by atoms with Crippen LogP contribution < -0.4 is 10.6 Å². The van der Waals surface area contributed by atoms with E-state index in [1.807, 2.05) is 62.4 Å². The van der Waals surface area contributed by atoms with Crippen LogP contribution in [0, 0.1) is 12.3 Å². The van der Waals surface area contributed by atoms with Gasteiger partial charge in [-0.25, -0.2) is 4.98 Å². The second-order valence-electron chi connectivity index (χ2n) is 12.0. The largest absolute Gasteiger partial charge is 0.391 e. The molecule has 2 aromatic rings. The van der Waals surface area contributed by atoms with Crippen LogP contribution in [0.15, 0.2) is 29.8 Å². The maximum absolute atomic E-state index is 13.9. The van der Waals surface area contributed by atoms with E-state index in [4.69, 9.17) is 9.47 Å². The Kier molecular flexibility index (Phi) is 10.7. The van der Waals surface area contributed by atoms with Crippen molar-refractivity contribution in [3.8, 4) is 10.4 Å². The molecule has 0 radical (unpaired) electrons. The minimum atomic E-state index is -0.903. The van der Waals surface area contributed by atoms with Crippen molar-refractivity contribution in [2.75, 3.05) is 46.6 Å². The highest BCUT2D eigenvalue weighted by Gasteiger charge is 2.45. The molecule has 2 aliphatic rings. The zero-order chi connectivity index (χ0) is 30.4. The van der Waals surface area contributed by atoms with Crippen LogP contribution in [0.4, 0.5) is 0 Å². The number of carbonyl (C=O) groups is 3. The summed E-state index contributed by atoms with van der Waals surface area (Å²) in [5.74, 6) is -1.04. The molecule has 2 aliphatic heterocycles. The predicted molar refractivity (Wildman–Crippen MR) is 160 cm³/mol. The maximum atomic E-state index is 13.9. The molecule has 12 heteroatoms. The van der Waals surface area contributed by atoms with Gasteiger partial charge in [0.2, 0.25) is 17.7 Å². The van der Waals surface area contributed by atoms with Gasteiger partial charge in [-0.3, -0.25) is 19.3 Å². The Morgan fingerprint density at radius 3 is 2.57 bits per heavy atom. The molecule has 230 valence electrons. The number of hydrogen-bond donors (Lipinski definition) is 3. The lowest BCUT2D eigenvalue weighted by Crippen LogP contribution is -2.62. The molecule has 4 atom stereocenters. The molecule has 1 aromatic carbocycles. The van der Waals surface area contributed by atoms with Crippen molar-refractivity contribution in [1.29, 1.82) is 0 Å². The van der Waals surface area contributed by atoms with Crippen LogP contribution in [0.3, 0.4) is 0 Å². The van der Waals surface area contributed by atoms with E-state index in [2.05, 4.69) is 15.6 Å². The summed E-state index contributed by atoms with van der Waals surface area (Å²) in [6, 6.07) is 5.61. The maximum Gasteiger partial charge on any atom is 0.246 e. The lowest BCUT2D eigenvalue weighted by Gasteiger charge is -2.38. The number of amides is 3. The second kappa shape index (κ2) is 14.0. The van der Waals surface area contributed by atoms with Crippen molar-refractivity contribution < 1.29 is 29.0 Å². The Labute approximate surface area is 251 Å². The highest BCUT2D eigenvalue weighted by atomic mass is 32.1. The van der Waals surface area contributed by atoms with Crippen LogP contribution in [0.25, 0.3) is 10.4 Å². The SMILES string of the molecule is COCCN1CCOC[C@@H]1C(=O)N[C@H](C(=O)N1C[C@H](O)C[C@H]1C(=O)NCc1ccc(-c2scnc2C)cc1)C(C)(C)C. The first kappa shape index (κ1) is 32.0. The van der Waals surface area contributed by atoms with Crippen LogP contribution in [0.5, 0.6) is 0 Å². The number of β-amino-alcohol motifs (C(OH)–C–C–N with tert-alkyl or cyclic N) is 1. The molecular formula is C30H43N5O6S. The molecule has 0 saturated carbocycles. The van der Waals surface area contributed by atoms with E-state index >= 15 is 0 Å². The fraction of sp³-hybridized carbons (Fsp3) is 0.600.